The van der Waals surface area contributed by atoms with Crippen molar-refractivity contribution < 1.29 is 13.2 Å². The standard InChI is InChI=1S/C15H16ClN5O3S2/c1-15(2)13(22)20(11-6-5-10(8-17)12(16)7-11)14(25)21(15)26(23,24)18-9-19(3)4/h5-7,9H,1-4H3. The maximum absolute atomic E-state index is 12.9. The Balaban J connectivity index is 2.54. The number of nitrogens with zero attached hydrogens (tertiary/aromatic N) is 5. The van der Waals surface area contributed by atoms with Crippen molar-refractivity contribution in [2.75, 3.05) is 19.0 Å². The second-order valence-electron chi connectivity index (χ2n) is 6.18. The van der Waals surface area contributed by atoms with E-state index < -0.39 is 21.7 Å². The van der Waals surface area contributed by atoms with E-state index in [0.717, 1.165) is 15.5 Å². The molecule has 0 aliphatic carbocycles. The molecule has 0 unspecified atom stereocenters. The molecule has 2 rings (SSSR count). The van der Waals surface area contributed by atoms with Crippen molar-refractivity contribution in [2.24, 2.45) is 4.40 Å². The molecule has 8 nitrogen and oxygen atoms in total. The lowest BCUT2D eigenvalue weighted by Crippen LogP contribution is -2.47. The lowest BCUT2D eigenvalue weighted by Gasteiger charge is -2.26. The van der Waals surface area contributed by atoms with Gasteiger partial charge < -0.3 is 4.90 Å². The molecule has 26 heavy (non-hydrogen) atoms. The molecule has 1 aliphatic rings. The SMILES string of the molecule is CN(C)C=NS(=O)(=O)N1C(=S)N(c2ccc(C#N)c(Cl)c2)C(=O)C1(C)C. The molecule has 0 radical (unpaired) electrons. The van der Waals surface area contributed by atoms with Gasteiger partial charge in [-0.2, -0.15) is 13.7 Å². The summed E-state index contributed by atoms with van der Waals surface area (Å²) < 4.78 is 29.6. The van der Waals surface area contributed by atoms with E-state index in [1.165, 1.54) is 36.9 Å². The first-order valence-electron chi connectivity index (χ1n) is 7.29. The zero-order valence-electron chi connectivity index (χ0n) is 14.5. The molecule has 0 aromatic heterocycles. The van der Waals surface area contributed by atoms with Gasteiger partial charge in [0.05, 0.1) is 16.3 Å². The molecule has 1 saturated heterocycles. The Morgan fingerprint density at radius 3 is 2.50 bits per heavy atom. The number of hydrogen-bond acceptors (Lipinski definition) is 5. The Morgan fingerprint density at radius 1 is 1.38 bits per heavy atom. The minimum Gasteiger partial charge on any atom is -0.368 e. The van der Waals surface area contributed by atoms with Crippen molar-refractivity contribution in [3.8, 4) is 6.07 Å². The van der Waals surface area contributed by atoms with Crippen LogP contribution in [0.4, 0.5) is 5.69 Å². The summed E-state index contributed by atoms with van der Waals surface area (Å²) in [5, 5.41) is 8.86. The normalized spacial score (nSPS) is 17.1. The van der Waals surface area contributed by atoms with Crippen molar-refractivity contribution in [3.05, 3.63) is 28.8 Å². The van der Waals surface area contributed by atoms with Gasteiger partial charge >= 0.3 is 10.2 Å². The quantitative estimate of drug-likeness (QED) is 0.424. The van der Waals surface area contributed by atoms with Gasteiger partial charge in [-0.3, -0.25) is 9.69 Å². The Kier molecular flexibility index (Phi) is 5.28. The molecule has 1 fully saturated rings. The maximum Gasteiger partial charge on any atom is 0.348 e. The number of benzene rings is 1. The van der Waals surface area contributed by atoms with Crippen molar-refractivity contribution in [2.45, 2.75) is 19.4 Å². The molecule has 0 bridgehead atoms. The molecule has 0 spiro atoms. The second kappa shape index (κ2) is 6.83. The van der Waals surface area contributed by atoms with Crippen molar-refractivity contribution in [1.29, 1.82) is 5.26 Å². The van der Waals surface area contributed by atoms with Crippen LogP contribution in [0.3, 0.4) is 0 Å². The summed E-state index contributed by atoms with van der Waals surface area (Å²) in [5.41, 5.74) is -0.974. The minimum atomic E-state index is -4.24. The van der Waals surface area contributed by atoms with E-state index in [4.69, 9.17) is 29.1 Å². The number of thiocarbonyl (C=S) groups is 1. The number of hydrogen-bond donors (Lipinski definition) is 0. The third-order valence-corrected chi connectivity index (χ3v) is 5.82. The van der Waals surface area contributed by atoms with Gasteiger partial charge in [-0.25, -0.2) is 4.31 Å². The first kappa shape index (κ1) is 20.1. The number of rotatable bonds is 4. The Bertz CT molecular complexity index is 951. The van der Waals surface area contributed by atoms with Crippen LogP contribution in [-0.2, 0) is 15.0 Å². The number of carbonyl (C=O) groups is 1. The molecular weight excluding hydrogens is 398 g/mol. The number of nitriles is 1. The number of halogens is 1. The van der Waals surface area contributed by atoms with Crippen molar-refractivity contribution >= 4 is 57.1 Å². The molecule has 0 saturated carbocycles. The third kappa shape index (κ3) is 3.38. The predicted octanol–water partition coefficient (Wildman–Crippen LogP) is 1.76. The largest absolute Gasteiger partial charge is 0.368 e. The van der Waals surface area contributed by atoms with Gasteiger partial charge in [-0.15, -0.1) is 4.40 Å². The molecule has 11 heteroatoms. The van der Waals surface area contributed by atoms with E-state index in [1.807, 2.05) is 6.07 Å². The fraction of sp³-hybridized carbons (Fsp3) is 0.333. The van der Waals surface area contributed by atoms with Crippen LogP contribution in [0.5, 0.6) is 0 Å². The van der Waals surface area contributed by atoms with E-state index in [9.17, 15) is 13.2 Å². The highest BCUT2D eigenvalue weighted by molar-refractivity contribution is 7.90. The fourth-order valence-corrected chi connectivity index (χ4v) is 4.58. The zero-order valence-corrected chi connectivity index (χ0v) is 16.9. The highest BCUT2D eigenvalue weighted by Crippen LogP contribution is 2.36. The maximum atomic E-state index is 12.9. The van der Waals surface area contributed by atoms with Gasteiger partial charge in [-0.1, -0.05) is 11.6 Å². The van der Waals surface area contributed by atoms with Crippen LogP contribution in [0.1, 0.15) is 19.4 Å². The summed E-state index contributed by atoms with van der Waals surface area (Å²) in [6.07, 6.45) is 1.11. The van der Waals surface area contributed by atoms with Crippen molar-refractivity contribution in [1.82, 2.24) is 9.21 Å². The van der Waals surface area contributed by atoms with Gasteiger partial charge in [0.25, 0.3) is 5.91 Å². The summed E-state index contributed by atoms with van der Waals surface area (Å²) in [6, 6.07) is 6.21. The van der Waals surface area contributed by atoms with Crippen LogP contribution < -0.4 is 4.90 Å². The molecule has 138 valence electrons. The van der Waals surface area contributed by atoms with Crippen molar-refractivity contribution in [3.63, 3.8) is 0 Å². The minimum absolute atomic E-state index is 0.130. The Morgan fingerprint density at radius 2 is 2.00 bits per heavy atom. The summed E-state index contributed by atoms with van der Waals surface area (Å²) in [4.78, 5) is 15.4. The number of anilines is 1. The van der Waals surface area contributed by atoms with Gasteiger partial charge in [0.2, 0.25) is 0 Å². The molecule has 1 amide bonds. The van der Waals surface area contributed by atoms with Crippen LogP contribution in [0.15, 0.2) is 22.6 Å². The molecule has 1 aliphatic heterocycles. The van der Waals surface area contributed by atoms with Gasteiger partial charge in [0.15, 0.2) is 5.11 Å². The highest BCUT2D eigenvalue weighted by atomic mass is 35.5. The summed E-state index contributed by atoms with van der Waals surface area (Å²) in [6.45, 7) is 2.88. The average Bonchev–Trinajstić information content (AvgIpc) is 2.71. The molecule has 1 aromatic carbocycles. The van der Waals surface area contributed by atoms with Crippen LogP contribution in [0.2, 0.25) is 5.02 Å². The smallest absolute Gasteiger partial charge is 0.348 e. The zero-order chi connectivity index (χ0) is 19.9. The third-order valence-electron chi connectivity index (χ3n) is 3.57. The van der Waals surface area contributed by atoms with Crippen LogP contribution in [0.25, 0.3) is 0 Å². The second-order valence-corrected chi connectivity index (χ2v) is 8.43. The van der Waals surface area contributed by atoms with E-state index in [0.29, 0.717) is 0 Å². The highest BCUT2D eigenvalue weighted by Gasteiger charge is 2.55. The predicted molar refractivity (Wildman–Crippen MR) is 103 cm³/mol. The van der Waals surface area contributed by atoms with Crippen LogP contribution in [-0.4, -0.2) is 54.6 Å². The van der Waals surface area contributed by atoms with Crippen LogP contribution in [0, 0.1) is 11.3 Å². The van der Waals surface area contributed by atoms with Gasteiger partial charge in [0, 0.05) is 14.1 Å². The first-order chi connectivity index (χ1) is 11.9. The average molecular weight is 414 g/mol. The van der Waals surface area contributed by atoms with E-state index in [2.05, 4.69) is 4.40 Å². The molecular formula is C15H16ClN5O3S2. The van der Waals surface area contributed by atoms with E-state index >= 15 is 0 Å². The Labute approximate surface area is 162 Å². The lowest BCUT2D eigenvalue weighted by atomic mass is 10.1. The Hall–Kier alpha value is -2.22. The fourth-order valence-electron chi connectivity index (χ4n) is 2.33. The van der Waals surface area contributed by atoms with E-state index in [-0.39, 0.29) is 21.4 Å². The van der Waals surface area contributed by atoms with Crippen LogP contribution >= 0.6 is 23.8 Å². The molecule has 0 atom stereocenters. The molecule has 1 aromatic rings. The molecule has 1 heterocycles. The first-order valence-corrected chi connectivity index (χ1v) is 9.47. The summed E-state index contributed by atoms with van der Waals surface area (Å²) in [5.74, 6) is -0.549. The van der Waals surface area contributed by atoms with Gasteiger partial charge in [-0.05, 0) is 44.3 Å². The summed E-state index contributed by atoms with van der Waals surface area (Å²) >= 11 is 11.3. The monoisotopic (exact) mass is 413 g/mol. The van der Waals surface area contributed by atoms with E-state index in [1.54, 1.807) is 14.1 Å². The van der Waals surface area contributed by atoms with Gasteiger partial charge in [0.1, 0.15) is 17.9 Å². The molecule has 0 N–H and O–H groups in total. The number of carbonyl (C=O) groups excluding carboxylic acids is 1. The lowest BCUT2D eigenvalue weighted by molar-refractivity contribution is -0.122. The summed E-state index contributed by atoms with van der Waals surface area (Å²) in [7, 11) is -1.01. The number of amides is 1. The topological polar surface area (TPSA) is 97.1 Å².